The number of nitrogens with two attached hydrogens (primary N) is 1. The van der Waals surface area contributed by atoms with Crippen LogP contribution in [-0.2, 0) is 17.4 Å². The van der Waals surface area contributed by atoms with Crippen LogP contribution in [0.4, 0.5) is 0 Å². The molecule has 2 rings (SSSR count). The Labute approximate surface area is 158 Å². The van der Waals surface area contributed by atoms with E-state index in [0.717, 1.165) is 17.1 Å². The molecule has 0 aliphatic heterocycles. The van der Waals surface area contributed by atoms with Gasteiger partial charge in [0.25, 0.3) is 0 Å². The van der Waals surface area contributed by atoms with Crippen LogP contribution in [0.15, 0.2) is 42.5 Å². The van der Waals surface area contributed by atoms with Crippen LogP contribution >= 0.6 is 0 Å². The van der Waals surface area contributed by atoms with Gasteiger partial charge in [-0.05, 0) is 45.7 Å². The predicted molar refractivity (Wildman–Crippen MR) is 109 cm³/mol. The van der Waals surface area contributed by atoms with Gasteiger partial charge in [-0.15, -0.1) is 0 Å². The van der Waals surface area contributed by atoms with E-state index in [9.17, 15) is 0 Å². The molecule has 3 heteroatoms. The SMILES string of the molecule is CC(C)(C)c1ccc(OCCOc2cccc(CN)c2)c(C(C)(C)C)c1. The van der Waals surface area contributed by atoms with Crippen molar-refractivity contribution in [3.8, 4) is 11.5 Å². The van der Waals surface area contributed by atoms with Gasteiger partial charge in [0, 0.05) is 6.54 Å². The molecule has 3 nitrogen and oxygen atoms in total. The zero-order valence-corrected chi connectivity index (χ0v) is 17.1. The molecule has 0 spiro atoms. The molecule has 0 amide bonds. The van der Waals surface area contributed by atoms with Crippen molar-refractivity contribution in [3.05, 3.63) is 59.2 Å². The van der Waals surface area contributed by atoms with E-state index < -0.39 is 0 Å². The van der Waals surface area contributed by atoms with E-state index in [2.05, 4.69) is 59.7 Å². The van der Waals surface area contributed by atoms with Crippen LogP contribution in [0.2, 0.25) is 0 Å². The van der Waals surface area contributed by atoms with Crippen LogP contribution in [-0.4, -0.2) is 13.2 Å². The van der Waals surface area contributed by atoms with E-state index in [4.69, 9.17) is 15.2 Å². The quantitative estimate of drug-likeness (QED) is 0.725. The number of ether oxygens (including phenoxy) is 2. The van der Waals surface area contributed by atoms with Crippen molar-refractivity contribution in [1.29, 1.82) is 0 Å². The minimum atomic E-state index is 0.0207. The molecule has 0 saturated heterocycles. The summed E-state index contributed by atoms with van der Waals surface area (Å²) in [6, 6.07) is 14.4. The topological polar surface area (TPSA) is 44.5 Å². The standard InChI is InChI=1S/C23H33NO2/c1-22(2,3)18-10-11-21(20(15-18)23(4,5)6)26-13-12-25-19-9-7-8-17(14-19)16-24/h7-11,14-15H,12-13,16,24H2,1-6H3. The first-order chi connectivity index (χ1) is 12.1. The first-order valence-electron chi connectivity index (χ1n) is 9.31. The lowest BCUT2D eigenvalue weighted by Crippen LogP contribution is -2.19. The number of benzene rings is 2. The molecule has 0 aliphatic carbocycles. The van der Waals surface area contributed by atoms with Gasteiger partial charge in [0.1, 0.15) is 24.7 Å². The third-order valence-corrected chi connectivity index (χ3v) is 4.40. The lowest BCUT2D eigenvalue weighted by Gasteiger charge is -2.27. The lowest BCUT2D eigenvalue weighted by atomic mass is 9.80. The van der Waals surface area contributed by atoms with Crippen molar-refractivity contribution in [3.63, 3.8) is 0 Å². The van der Waals surface area contributed by atoms with Crippen LogP contribution in [0.25, 0.3) is 0 Å². The van der Waals surface area contributed by atoms with E-state index in [1.165, 1.54) is 11.1 Å². The average molecular weight is 356 g/mol. The van der Waals surface area contributed by atoms with E-state index in [0.29, 0.717) is 19.8 Å². The Balaban J connectivity index is 2.04. The van der Waals surface area contributed by atoms with Crippen molar-refractivity contribution in [1.82, 2.24) is 0 Å². The van der Waals surface area contributed by atoms with Crippen molar-refractivity contribution in [2.24, 2.45) is 5.73 Å². The van der Waals surface area contributed by atoms with Crippen LogP contribution in [0.3, 0.4) is 0 Å². The van der Waals surface area contributed by atoms with Crippen molar-refractivity contribution >= 4 is 0 Å². The fourth-order valence-electron chi connectivity index (χ4n) is 2.78. The van der Waals surface area contributed by atoms with Crippen molar-refractivity contribution in [2.45, 2.75) is 58.9 Å². The summed E-state index contributed by atoms with van der Waals surface area (Å²) >= 11 is 0. The highest BCUT2D eigenvalue weighted by molar-refractivity contribution is 5.43. The van der Waals surface area contributed by atoms with E-state index in [1.807, 2.05) is 24.3 Å². The summed E-state index contributed by atoms with van der Waals surface area (Å²) in [4.78, 5) is 0. The molecule has 0 atom stereocenters. The van der Waals surface area contributed by atoms with Gasteiger partial charge in [0.05, 0.1) is 0 Å². The van der Waals surface area contributed by atoms with Crippen LogP contribution in [0.1, 0.15) is 58.2 Å². The van der Waals surface area contributed by atoms with Crippen molar-refractivity contribution in [2.75, 3.05) is 13.2 Å². The largest absolute Gasteiger partial charge is 0.490 e. The second kappa shape index (κ2) is 8.13. The summed E-state index contributed by atoms with van der Waals surface area (Å²) in [5, 5.41) is 0. The maximum Gasteiger partial charge on any atom is 0.123 e. The summed E-state index contributed by atoms with van der Waals surface area (Å²) in [6.07, 6.45) is 0. The Morgan fingerprint density at radius 3 is 2.12 bits per heavy atom. The molecule has 2 aromatic carbocycles. The molecule has 0 aromatic heterocycles. The zero-order chi connectivity index (χ0) is 19.4. The monoisotopic (exact) mass is 355 g/mol. The highest BCUT2D eigenvalue weighted by Crippen LogP contribution is 2.35. The van der Waals surface area contributed by atoms with E-state index in [1.54, 1.807) is 0 Å². The molecule has 26 heavy (non-hydrogen) atoms. The maximum absolute atomic E-state index is 6.06. The molecule has 0 saturated carbocycles. The van der Waals surface area contributed by atoms with Crippen LogP contribution in [0, 0.1) is 0 Å². The summed E-state index contributed by atoms with van der Waals surface area (Å²) in [5.74, 6) is 1.76. The Morgan fingerprint density at radius 2 is 1.50 bits per heavy atom. The van der Waals surface area contributed by atoms with E-state index in [-0.39, 0.29) is 10.8 Å². The Hall–Kier alpha value is -2.00. The number of rotatable bonds is 6. The second-order valence-electron chi connectivity index (χ2n) is 8.76. The Bertz CT molecular complexity index is 724. The summed E-state index contributed by atoms with van der Waals surface area (Å²) in [5.41, 5.74) is 9.43. The molecule has 0 bridgehead atoms. The number of hydrogen-bond acceptors (Lipinski definition) is 3. The van der Waals surface area contributed by atoms with Gasteiger partial charge in [0.2, 0.25) is 0 Å². The highest BCUT2D eigenvalue weighted by atomic mass is 16.5. The average Bonchev–Trinajstić information content (AvgIpc) is 2.57. The maximum atomic E-state index is 6.06. The molecular weight excluding hydrogens is 322 g/mol. The molecule has 142 valence electrons. The normalized spacial score (nSPS) is 12.1. The van der Waals surface area contributed by atoms with Gasteiger partial charge in [0.15, 0.2) is 0 Å². The predicted octanol–water partition coefficient (Wildman–Crippen LogP) is 5.20. The summed E-state index contributed by atoms with van der Waals surface area (Å²) in [7, 11) is 0. The number of hydrogen-bond donors (Lipinski definition) is 1. The molecule has 2 aromatic rings. The fourth-order valence-corrected chi connectivity index (χ4v) is 2.78. The van der Waals surface area contributed by atoms with Crippen LogP contribution < -0.4 is 15.2 Å². The van der Waals surface area contributed by atoms with Gasteiger partial charge in [-0.2, -0.15) is 0 Å². The second-order valence-corrected chi connectivity index (χ2v) is 8.76. The summed E-state index contributed by atoms with van der Waals surface area (Å²) < 4.78 is 11.9. The molecule has 2 N–H and O–H groups in total. The van der Waals surface area contributed by atoms with Gasteiger partial charge >= 0.3 is 0 Å². The smallest absolute Gasteiger partial charge is 0.123 e. The van der Waals surface area contributed by atoms with E-state index >= 15 is 0 Å². The molecular formula is C23H33NO2. The third-order valence-electron chi connectivity index (χ3n) is 4.40. The van der Waals surface area contributed by atoms with Gasteiger partial charge < -0.3 is 15.2 Å². The van der Waals surface area contributed by atoms with Crippen LogP contribution in [0.5, 0.6) is 11.5 Å². The van der Waals surface area contributed by atoms with Gasteiger partial charge in [-0.1, -0.05) is 65.8 Å². The minimum absolute atomic E-state index is 0.0207. The first-order valence-corrected chi connectivity index (χ1v) is 9.31. The lowest BCUT2D eigenvalue weighted by molar-refractivity contribution is 0.214. The van der Waals surface area contributed by atoms with Gasteiger partial charge in [-0.25, -0.2) is 0 Å². The Kier molecular flexibility index (Phi) is 6.35. The molecule has 0 radical (unpaired) electrons. The Morgan fingerprint density at radius 1 is 0.808 bits per heavy atom. The third kappa shape index (κ3) is 5.50. The fraction of sp³-hybridized carbons (Fsp3) is 0.478. The summed E-state index contributed by atoms with van der Waals surface area (Å²) in [6.45, 7) is 14.9. The molecule has 0 unspecified atom stereocenters. The van der Waals surface area contributed by atoms with Crippen molar-refractivity contribution < 1.29 is 9.47 Å². The minimum Gasteiger partial charge on any atom is -0.490 e. The highest BCUT2D eigenvalue weighted by Gasteiger charge is 2.23. The molecule has 0 heterocycles. The van der Waals surface area contributed by atoms with Gasteiger partial charge in [-0.3, -0.25) is 0 Å². The molecule has 0 aliphatic rings. The molecule has 0 fully saturated rings. The first kappa shape index (κ1) is 20.3. The zero-order valence-electron chi connectivity index (χ0n) is 17.1.